The molecule has 3 nitrogen and oxygen atoms in total. The summed E-state index contributed by atoms with van der Waals surface area (Å²) in [5, 5.41) is 12.1. The average Bonchev–Trinajstić information content (AvgIpc) is 2.43. The molecule has 0 aromatic heterocycles. The number of para-hydroxylation sites is 1. The van der Waals surface area contributed by atoms with Gasteiger partial charge in [-0.15, -0.1) is 0 Å². The van der Waals surface area contributed by atoms with Crippen LogP contribution in [0.5, 0.6) is 11.5 Å². The smallest absolute Gasteiger partial charge is 0.387 e. The highest BCUT2D eigenvalue weighted by molar-refractivity contribution is 5.50. The van der Waals surface area contributed by atoms with Crippen LogP contribution in [0, 0.1) is 5.82 Å². The van der Waals surface area contributed by atoms with E-state index in [4.69, 9.17) is 5.11 Å². The van der Waals surface area contributed by atoms with Gasteiger partial charge >= 0.3 is 6.61 Å². The molecule has 0 spiro atoms. The summed E-state index contributed by atoms with van der Waals surface area (Å²) >= 11 is 0. The van der Waals surface area contributed by atoms with Gasteiger partial charge in [0.1, 0.15) is 5.75 Å². The number of phenolic OH excluding ortho intramolecular Hbond substituents is 1. The maximum atomic E-state index is 13.3. The number of aromatic hydroxyl groups is 1. The number of benzene rings is 2. The lowest BCUT2D eigenvalue weighted by Crippen LogP contribution is -2.11. The third kappa shape index (κ3) is 3.81. The topological polar surface area (TPSA) is 41.5 Å². The number of phenols is 1. The molecule has 0 amide bonds. The summed E-state index contributed by atoms with van der Waals surface area (Å²) < 4.78 is 42.5. The van der Waals surface area contributed by atoms with E-state index in [-0.39, 0.29) is 11.8 Å². The summed E-state index contributed by atoms with van der Waals surface area (Å²) in [6.07, 6.45) is 0. The SMILES string of the molecule is CC(Nc1ccc(O)c(F)c1)c1ccccc1OC(F)F. The number of rotatable bonds is 5. The van der Waals surface area contributed by atoms with Gasteiger partial charge in [-0.1, -0.05) is 18.2 Å². The predicted octanol–water partition coefficient (Wildman–Crippen LogP) is 4.31. The number of anilines is 1. The van der Waals surface area contributed by atoms with Gasteiger partial charge in [-0.3, -0.25) is 0 Å². The number of alkyl halides is 2. The molecule has 1 atom stereocenters. The average molecular weight is 297 g/mol. The minimum Gasteiger partial charge on any atom is -0.505 e. The zero-order valence-electron chi connectivity index (χ0n) is 11.2. The van der Waals surface area contributed by atoms with Crippen molar-refractivity contribution in [3.05, 3.63) is 53.8 Å². The molecule has 6 heteroatoms. The summed E-state index contributed by atoms with van der Waals surface area (Å²) in [6.45, 7) is -1.18. The van der Waals surface area contributed by atoms with Crippen LogP contribution in [0.2, 0.25) is 0 Å². The maximum absolute atomic E-state index is 13.3. The lowest BCUT2D eigenvalue weighted by atomic mass is 10.1. The Morgan fingerprint density at radius 3 is 2.52 bits per heavy atom. The zero-order chi connectivity index (χ0) is 15.4. The summed E-state index contributed by atoms with van der Waals surface area (Å²) in [5.74, 6) is -1.15. The van der Waals surface area contributed by atoms with E-state index in [2.05, 4.69) is 10.1 Å². The molecular formula is C15H14F3NO2. The van der Waals surface area contributed by atoms with Crippen LogP contribution in [0.4, 0.5) is 18.9 Å². The van der Waals surface area contributed by atoms with Crippen molar-refractivity contribution < 1.29 is 23.0 Å². The second-order valence-corrected chi connectivity index (χ2v) is 4.45. The number of halogens is 3. The van der Waals surface area contributed by atoms with Gasteiger partial charge in [-0.05, 0) is 25.1 Å². The molecule has 112 valence electrons. The third-order valence-electron chi connectivity index (χ3n) is 2.93. The van der Waals surface area contributed by atoms with Crippen molar-refractivity contribution in [1.29, 1.82) is 0 Å². The van der Waals surface area contributed by atoms with Crippen molar-refractivity contribution in [2.24, 2.45) is 0 Å². The van der Waals surface area contributed by atoms with Crippen molar-refractivity contribution in [3.63, 3.8) is 0 Å². The molecule has 2 aromatic carbocycles. The van der Waals surface area contributed by atoms with Crippen LogP contribution in [0.25, 0.3) is 0 Å². The minimum absolute atomic E-state index is 0.0618. The lowest BCUT2D eigenvalue weighted by Gasteiger charge is -2.19. The van der Waals surface area contributed by atoms with Gasteiger partial charge in [0.25, 0.3) is 0 Å². The van der Waals surface area contributed by atoms with Crippen LogP contribution in [-0.2, 0) is 0 Å². The number of nitrogens with one attached hydrogen (secondary N) is 1. The first kappa shape index (κ1) is 15.0. The Balaban J connectivity index is 2.19. The van der Waals surface area contributed by atoms with Crippen molar-refractivity contribution in [2.75, 3.05) is 5.32 Å². The largest absolute Gasteiger partial charge is 0.505 e. The second kappa shape index (κ2) is 6.39. The fraction of sp³-hybridized carbons (Fsp3) is 0.200. The normalized spacial score (nSPS) is 12.2. The fourth-order valence-corrected chi connectivity index (χ4v) is 1.97. The number of hydrogen-bond acceptors (Lipinski definition) is 3. The molecule has 0 aliphatic carbocycles. The van der Waals surface area contributed by atoms with E-state index in [1.807, 2.05) is 0 Å². The van der Waals surface area contributed by atoms with Gasteiger partial charge < -0.3 is 15.2 Å². The molecule has 0 heterocycles. The predicted molar refractivity (Wildman–Crippen MR) is 73.2 cm³/mol. The third-order valence-corrected chi connectivity index (χ3v) is 2.93. The monoisotopic (exact) mass is 297 g/mol. The first-order valence-corrected chi connectivity index (χ1v) is 6.26. The first-order chi connectivity index (χ1) is 9.97. The molecule has 0 fully saturated rings. The summed E-state index contributed by atoms with van der Waals surface area (Å²) in [6, 6.07) is 9.82. The van der Waals surface area contributed by atoms with E-state index in [1.165, 1.54) is 18.2 Å². The Bertz CT molecular complexity index is 620. The summed E-state index contributed by atoms with van der Waals surface area (Å²) in [7, 11) is 0. The van der Waals surface area contributed by atoms with E-state index >= 15 is 0 Å². The molecule has 2 aromatic rings. The van der Waals surface area contributed by atoms with Crippen LogP contribution in [0.3, 0.4) is 0 Å². The first-order valence-electron chi connectivity index (χ1n) is 6.26. The molecular weight excluding hydrogens is 283 g/mol. The lowest BCUT2D eigenvalue weighted by molar-refractivity contribution is -0.0505. The molecule has 0 saturated heterocycles. The van der Waals surface area contributed by atoms with E-state index in [0.717, 1.165) is 6.07 Å². The van der Waals surface area contributed by atoms with Crippen LogP contribution >= 0.6 is 0 Å². The van der Waals surface area contributed by atoms with Gasteiger partial charge in [0.15, 0.2) is 11.6 Å². The molecule has 0 aliphatic rings. The molecule has 1 unspecified atom stereocenters. The van der Waals surface area contributed by atoms with Crippen LogP contribution in [0.1, 0.15) is 18.5 Å². The molecule has 0 aliphatic heterocycles. The Morgan fingerprint density at radius 1 is 1.14 bits per heavy atom. The Hall–Kier alpha value is -2.37. The van der Waals surface area contributed by atoms with Gasteiger partial charge in [0.2, 0.25) is 0 Å². The minimum atomic E-state index is -2.91. The van der Waals surface area contributed by atoms with Crippen molar-refractivity contribution in [3.8, 4) is 11.5 Å². The summed E-state index contributed by atoms with van der Waals surface area (Å²) in [4.78, 5) is 0. The van der Waals surface area contributed by atoms with E-state index in [1.54, 1.807) is 25.1 Å². The highest BCUT2D eigenvalue weighted by atomic mass is 19.3. The molecule has 21 heavy (non-hydrogen) atoms. The van der Waals surface area contributed by atoms with Crippen molar-refractivity contribution in [2.45, 2.75) is 19.6 Å². The molecule has 0 bridgehead atoms. The highest BCUT2D eigenvalue weighted by Gasteiger charge is 2.15. The van der Waals surface area contributed by atoms with Crippen molar-refractivity contribution in [1.82, 2.24) is 0 Å². The Kier molecular flexibility index (Phi) is 4.57. The van der Waals surface area contributed by atoms with Crippen LogP contribution in [-0.4, -0.2) is 11.7 Å². The van der Waals surface area contributed by atoms with Gasteiger partial charge in [0.05, 0.1) is 6.04 Å². The highest BCUT2D eigenvalue weighted by Crippen LogP contribution is 2.29. The van der Waals surface area contributed by atoms with Crippen LogP contribution in [0.15, 0.2) is 42.5 Å². The standard InChI is InChI=1S/C15H14F3NO2/c1-9(19-10-6-7-13(20)12(16)8-10)11-4-2-3-5-14(11)21-15(17)18/h2-9,15,19-20H,1H3. The summed E-state index contributed by atoms with van der Waals surface area (Å²) in [5.41, 5.74) is 0.941. The molecule has 2 N–H and O–H groups in total. The number of hydrogen-bond donors (Lipinski definition) is 2. The quantitative estimate of drug-likeness (QED) is 0.808. The van der Waals surface area contributed by atoms with Gasteiger partial charge in [0, 0.05) is 17.3 Å². The second-order valence-electron chi connectivity index (χ2n) is 4.45. The Morgan fingerprint density at radius 2 is 1.86 bits per heavy atom. The van der Waals surface area contributed by atoms with Gasteiger partial charge in [-0.25, -0.2) is 4.39 Å². The van der Waals surface area contributed by atoms with Crippen LogP contribution < -0.4 is 10.1 Å². The zero-order valence-corrected chi connectivity index (χ0v) is 11.2. The van der Waals surface area contributed by atoms with Crippen molar-refractivity contribution >= 4 is 5.69 Å². The molecule has 0 saturated carbocycles. The molecule has 0 radical (unpaired) electrons. The fourth-order valence-electron chi connectivity index (χ4n) is 1.97. The van der Waals surface area contributed by atoms with E-state index in [9.17, 15) is 13.2 Å². The van der Waals surface area contributed by atoms with E-state index < -0.39 is 18.2 Å². The number of ether oxygens (including phenoxy) is 1. The van der Waals surface area contributed by atoms with Gasteiger partial charge in [-0.2, -0.15) is 8.78 Å². The maximum Gasteiger partial charge on any atom is 0.387 e. The van der Waals surface area contributed by atoms with E-state index in [0.29, 0.717) is 11.3 Å². The Labute approximate surface area is 120 Å². The molecule has 2 rings (SSSR count).